The van der Waals surface area contributed by atoms with E-state index in [0.717, 1.165) is 122 Å². The van der Waals surface area contributed by atoms with Gasteiger partial charge in [-0.3, -0.25) is 14.4 Å². The summed E-state index contributed by atoms with van der Waals surface area (Å²) >= 11 is 0. The molecule has 0 fully saturated rings. The Hall–Kier alpha value is -3.67. The Morgan fingerprint density at radius 2 is 0.487 bits per heavy atom. The van der Waals surface area contributed by atoms with E-state index in [1.165, 1.54) is 173 Å². The molecule has 1 atom stereocenters. The van der Waals surface area contributed by atoms with Gasteiger partial charge in [-0.15, -0.1) is 0 Å². The Morgan fingerprint density at radius 1 is 0.263 bits per heavy atom. The predicted octanol–water partition coefficient (Wildman–Crippen LogP) is 23.6. The van der Waals surface area contributed by atoms with Gasteiger partial charge in [0.2, 0.25) is 0 Å². The molecule has 0 aliphatic rings. The third-order valence-electron chi connectivity index (χ3n) is 14.8. The highest BCUT2D eigenvalue weighted by molar-refractivity contribution is 5.71. The van der Waals surface area contributed by atoms with Crippen molar-refractivity contribution in [3.8, 4) is 0 Å². The van der Waals surface area contributed by atoms with Crippen LogP contribution in [0.3, 0.4) is 0 Å². The number of hydrogen-bond acceptors (Lipinski definition) is 6. The van der Waals surface area contributed by atoms with Crippen LogP contribution in [-0.2, 0) is 28.6 Å². The topological polar surface area (TPSA) is 78.9 Å². The fourth-order valence-corrected chi connectivity index (χ4v) is 9.71. The molecule has 0 aromatic carbocycles. The van der Waals surface area contributed by atoms with E-state index >= 15 is 0 Å². The standard InChI is InChI=1S/C74H128O6/c1-4-7-10-13-16-19-21-23-25-27-29-31-33-35-37-39-41-43-45-47-49-51-53-55-58-61-64-67-73(76)79-70-71(69-78-72(75)66-63-60-57-18-15-12-9-6-3)80-74(77)68-65-62-59-56-54-52-50-48-46-44-42-40-38-36-34-32-30-28-26-24-22-20-17-14-11-8-5-2/h7,10,16,19,23,25,28-31,35,37,41,43,47,49,71H,4-6,8-9,11-15,17-18,20-22,24,26-27,32-34,36,38-40,42,44-46,48,50-70H2,1-3H3/b10-7-,19-16-,25-23-,30-28-,31-29-,37-35-,43-41-,49-47-. The highest BCUT2D eigenvalue weighted by Gasteiger charge is 2.19. The Kier molecular flexibility index (Phi) is 64.7. The Balaban J connectivity index is 4.18. The molecule has 460 valence electrons. The van der Waals surface area contributed by atoms with Crippen molar-refractivity contribution >= 4 is 17.9 Å². The van der Waals surface area contributed by atoms with Crippen molar-refractivity contribution in [3.05, 3.63) is 97.2 Å². The van der Waals surface area contributed by atoms with E-state index < -0.39 is 6.10 Å². The summed E-state index contributed by atoms with van der Waals surface area (Å²) in [7, 11) is 0. The maximum Gasteiger partial charge on any atom is 0.306 e. The molecule has 0 aliphatic heterocycles. The molecule has 6 heteroatoms. The van der Waals surface area contributed by atoms with E-state index in [2.05, 4.69) is 118 Å². The van der Waals surface area contributed by atoms with E-state index in [1.54, 1.807) is 0 Å². The normalized spacial score (nSPS) is 12.7. The molecule has 0 saturated heterocycles. The lowest BCUT2D eigenvalue weighted by Gasteiger charge is -2.18. The Morgan fingerprint density at radius 3 is 0.775 bits per heavy atom. The molecule has 0 spiro atoms. The molecule has 0 N–H and O–H groups in total. The Bertz CT molecular complexity index is 1560. The average molecular weight is 1110 g/mol. The van der Waals surface area contributed by atoms with Crippen molar-refractivity contribution in [3.63, 3.8) is 0 Å². The summed E-state index contributed by atoms with van der Waals surface area (Å²) in [5.41, 5.74) is 0. The molecule has 1 unspecified atom stereocenters. The lowest BCUT2D eigenvalue weighted by atomic mass is 10.0. The molecular formula is C74H128O6. The molecule has 0 aromatic heterocycles. The summed E-state index contributed by atoms with van der Waals surface area (Å²) in [6, 6.07) is 0. The van der Waals surface area contributed by atoms with E-state index in [-0.39, 0.29) is 31.1 Å². The number of allylic oxidation sites excluding steroid dienone is 16. The maximum absolute atomic E-state index is 12.9. The molecular weight excluding hydrogens is 985 g/mol. The molecule has 6 nitrogen and oxygen atoms in total. The van der Waals surface area contributed by atoms with Crippen molar-refractivity contribution in [2.45, 2.75) is 341 Å². The van der Waals surface area contributed by atoms with Gasteiger partial charge in [0, 0.05) is 19.3 Å². The number of ether oxygens (including phenoxy) is 3. The van der Waals surface area contributed by atoms with Gasteiger partial charge < -0.3 is 14.2 Å². The van der Waals surface area contributed by atoms with Crippen LogP contribution in [0.5, 0.6) is 0 Å². The zero-order chi connectivity index (χ0) is 57.8. The summed E-state index contributed by atoms with van der Waals surface area (Å²) in [4.78, 5) is 38.2. The lowest BCUT2D eigenvalue weighted by Crippen LogP contribution is -2.30. The maximum atomic E-state index is 12.9. The molecule has 0 amide bonds. The monoisotopic (exact) mass is 1110 g/mol. The number of esters is 3. The average Bonchev–Trinajstić information content (AvgIpc) is 3.46. The first kappa shape index (κ1) is 76.3. The SMILES string of the molecule is CC/C=C\C/C=C\C/C=C\C/C=C\C/C=C\C/C=C\C/C=C\CCCCCCCC(=O)OCC(COC(=O)CCCCCCCCCC)OC(=O)CCCCCCCCCCCCCCCCC/C=C\CCCCCCCCCC. The second-order valence-electron chi connectivity index (χ2n) is 22.7. The van der Waals surface area contributed by atoms with E-state index in [1.807, 2.05) is 0 Å². The van der Waals surface area contributed by atoms with Crippen LogP contribution in [0.25, 0.3) is 0 Å². The van der Waals surface area contributed by atoms with Crippen LogP contribution in [0.15, 0.2) is 97.2 Å². The summed E-state index contributed by atoms with van der Waals surface area (Å²) in [6.07, 6.45) is 91.6. The summed E-state index contributed by atoms with van der Waals surface area (Å²) in [5.74, 6) is -0.893. The van der Waals surface area contributed by atoms with Gasteiger partial charge >= 0.3 is 17.9 Å². The lowest BCUT2D eigenvalue weighted by molar-refractivity contribution is -0.167. The van der Waals surface area contributed by atoms with E-state index in [0.29, 0.717) is 19.3 Å². The molecule has 80 heavy (non-hydrogen) atoms. The van der Waals surface area contributed by atoms with Crippen LogP contribution in [0.1, 0.15) is 335 Å². The van der Waals surface area contributed by atoms with Gasteiger partial charge in [0.05, 0.1) is 0 Å². The van der Waals surface area contributed by atoms with Crippen LogP contribution in [0, 0.1) is 0 Å². The first-order chi connectivity index (χ1) is 39.5. The molecule has 0 radical (unpaired) electrons. The van der Waals surface area contributed by atoms with Crippen LogP contribution >= 0.6 is 0 Å². The minimum atomic E-state index is -0.784. The van der Waals surface area contributed by atoms with Gasteiger partial charge in [0.25, 0.3) is 0 Å². The molecule has 0 bridgehead atoms. The van der Waals surface area contributed by atoms with E-state index in [9.17, 15) is 14.4 Å². The van der Waals surface area contributed by atoms with Gasteiger partial charge in [-0.2, -0.15) is 0 Å². The highest BCUT2D eigenvalue weighted by atomic mass is 16.6. The number of hydrogen-bond donors (Lipinski definition) is 0. The van der Waals surface area contributed by atoms with Gasteiger partial charge in [-0.25, -0.2) is 0 Å². The van der Waals surface area contributed by atoms with Crippen molar-refractivity contribution in [1.29, 1.82) is 0 Å². The van der Waals surface area contributed by atoms with Crippen molar-refractivity contribution in [2.75, 3.05) is 13.2 Å². The van der Waals surface area contributed by atoms with Gasteiger partial charge in [0.1, 0.15) is 13.2 Å². The number of unbranched alkanes of at least 4 members (excludes halogenated alkanes) is 35. The van der Waals surface area contributed by atoms with Crippen molar-refractivity contribution < 1.29 is 28.6 Å². The van der Waals surface area contributed by atoms with Crippen LogP contribution < -0.4 is 0 Å². The molecule has 0 saturated carbocycles. The van der Waals surface area contributed by atoms with Crippen molar-refractivity contribution in [1.82, 2.24) is 0 Å². The fraction of sp³-hybridized carbons (Fsp3) is 0.743. The first-order valence-corrected chi connectivity index (χ1v) is 34.2. The quantitative estimate of drug-likeness (QED) is 0.0261. The fourth-order valence-electron chi connectivity index (χ4n) is 9.71. The second-order valence-corrected chi connectivity index (χ2v) is 22.7. The van der Waals surface area contributed by atoms with Gasteiger partial charge in [-0.1, -0.05) is 311 Å². The predicted molar refractivity (Wildman–Crippen MR) is 348 cm³/mol. The van der Waals surface area contributed by atoms with Crippen molar-refractivity contribution in [2.24, 2.45) is 0 Å². The summed E-state index contributed by atoms with van der Waals surface area (Å²) < 4.78 is 16.9. The Labute approximate surface area is 496 Å². The molecule has 0 heterocycles. The van der Waals surface area contributed by atoms with Crippen LogP contribution in [0.2, 0.25) is 0 Å². The van der Waals surface area contributed by atoms with Gasteiger partial charge in [0.15, 0.2) is 6.10 Å². The third kappa shape index (κ3) is 65.1. The highest BCUT2D eigenvalue weighted by Crippen LogP contribution is 2.17. The largest absolute Gasteiger partial charge is 0.462 e. The molecule has 0 rings (SSSR count). The minimum absolute atomic E-state index is 0.0811. The summed E-state index contributed by atoms with van der Waals surface area (Å²) in [5, 5.41) is 0. The number of rotatable bonds is 62. The second kappa shape index (κ2) is 67.8. The zero-order valence-electron chi connectivity index (χ0n) is 52.8. The first-order valence-electron chi connectivity index (χ1n) is 34.2. The number of carbonyl (C=O) groups is 3. The summed E-state index contributed by atoms with van der Waals surface area (Å²) in [6.45, 7) is 6.51. The van der Waals surface area contributed by atoms with E-state index in [4.69, 9.17) is 14.2 Å². The van der Waals surface area contributed by atoms with Gasteiger partial charge in [-0.05, 0) is 103 Å². The smallest absolute Gasteiger partial charge is 0.306 e. The van der Waals surface area contributed by atoms with Crippen LogP contribution in [0.4, 0.5) is 0 Å². The molecule has 0 aliphatic carbocycles. The minimum Gasteiger partial charge on any atom is -0.462 e. The molecule has 0 aromatic rings. The number of carbonyl (C=O) groups excluding carboxylic acids is 3. The van der Waals surface area contributed by atoms with Crippen LogP contribution in [-0.4, -0.2) is 37.2 Å². The third-order valence-corrected chi connectivity index (χ3v) is 14.8. The zero-order valence-corrected chi connectivity index (χ0v) is 52.8.